The minimum atomic E-state index is -0.773. The first-order chi connectivity index (χ1) is 11.5. The number of carbonyl (C=O) groups is 2. The third kappa shape index (κ3) is 5.30. The molecule has 1 aromatic rings. The maximum absolute atomic E-state index is 12.0. The second-order valence-electron chi connectivity index (χ2n) is 5.94. The summed E-state index contributed by atoms with van der Waals surface area (Å²) < 4.78 is 5.67. The first-order valence-electron chi connectivity index (χ1n) is 8.12. The lowest BCUT2D eigenvalue weighted by Gasteiger charge is -2.30. The van der Waals surface area contributed by atoms with Crippen molar-refractivity contribution in [3.63, 3.8) is 0 Å². The number of rotatable bonds is 6. The van der Waals surface area contributed by atoms with E-state index in [4.69, 9.17) is 21.4 Å². The Morgan fingerprint density at radius 1 is 1.38 bits per heavy atom. The molecule has 0 unspecified atom stereocenters. The van der Waals surface area contributed by atoms with Gasteiger partial charge in [0.05, 0.1) is 12.5 Å². The molecule has 0 radical (unpaired) electrons. The third-order valence-corrected chi connectivity index (χ3v) is 4.36. The number of hydrogen-bond acceptors (Lipinski definition) is 3. The van der Waals surface area contributed by atoms with Crippen LogP contribution in [0.25, 0.3) is 0 Å². The molecule has 0 atom stereocenters. The van der Waals surface area contributed by atoms with Crippen LogP contribution in [0.15, 0.2) is 18.2 Å². The number of carboxylic acids is 1. The molecule has 7 heteroatoms. The highest BCUT2D eigenvalue weighted by molar-refractivity contribution is 6.30. The van der Waals surface area contributed by atoms with Crippen molar-refractivity contribution in [2.75, 3.05) is 26.2 Å². The number of halogens is 1. The van der Waals surface area contributed by atoms with Gasteiger partial charge in [0.1, 0.15) is 5.75 Å². The number of aliphatic carboxylic acids is 1. The van der Waals surface area contributed by atoms with Gasteiger partial charge in [-0.3, -0.25) is 4.79 Å². The zero-order valence-corrected chi connectivity index (χ0v) is 14.5. The molecule has 0 aromatic heterocycles. The Balaban J connectivity index is 1.62. The van der Waals surface area contributed by atoms with E-state index in [9.17, 15) is 9.59 Å². The summed E-state index contributed by atoms with van der Waals surface area (Å²) in [6.07, 6.45) is 1.73. The number of aryl methyl sites for hydroxylation is 1. The number of likely N-dealkylation sites (tertiary alicyclic amines) is 1. The summed E-state index contributed by atoms with van der Waals surface area (Å²) in [5.74, 6) is -0.309. The second-order valence-corrected chi connectivity index (χ2v) is 6.38. The average molecular weight is 355 g/mol. The Morgan fingerprint density at radius 3 is 2.71 bits per heavy atom. The van der Waals surface area contributed by atoms with E-state index >= 15 is 0 Å². The van der Waals surface area contributed by atoms with E-state index in [-0.39, 0.29) is 11.9 Å². The van der Waals surface area contributed by atoms with Gasteiger partial charge in [-0.15, -0.1) is 0 Å². The molecule has 1 fully saturated rings. The number of hydrogen-bond donors (Lipinski definition) is 2. The van der Waals surface area contributed by atoms with Gasteiger partial charge in [-0.2, -0.15) is 0 Å². The number of nitrogens with one attached hydrogen (secondary N) is 1. The molecule has 1 heterocycles. The summed E-state index contributed by atoms with van der Waals surface area (Å²) in [6.45, 7) is 3.93. The molecule has 1 aliphatic heterocycles. The quantitative estimate of drug-likeness (QED) is 0.770. The Morgan fingerprint density at radius 2 is 2.08 bits per heavy atom. The highest BCUT2D eigenvalue weighted by Gasteiger charge is 2.26. The molecular weight excluding hydrogens is 332 g/mol. The van der Waals surface area contributed by atoms with Crippen LogP contribution in [-0.4, -0.2) is 48.2 Å². The largest absolute Gasteiger partial charge is 0.493 e. The third-order valence-electron chi connectivity index (χ3n) is 4.12. The normalized spacial score (nSPS) is 15.2. The van der Waals surface area contributed by atoms with Gasteiger partial charge >= 0.3 is 12.0 Å². The van der Waals surface area contributed by atoms with Crippen molar-refractivity contribution in [2.24, 2.45) is 5.92 Å². The number of ether oxygens (including phenoxy) is 1. The zero-order chi connectivity index (χ0) is 17.5. The van der Waals surface area contributed by atoms with E-state index in [1.165, 1.54) is 0 Å². The lowest BCUT2D eigenvalue weighted by molar-refractivity contribution is -0.143. The minimum Gasteiger partial charge on any atom is -0.493 e. The molecule has 1 aromatic carbocycles. The fourth-order valence-electron chi connectivity index (χ4n) is 2.67. The van der Waals surface area contributed by atoms with Gasteiger partial charge in [0, 0.05) is 24.7 Å². The molecule has 2 rings (SSSR count). The number of carboxylic acid groups (broad SMARTS) is 1. The number of carbonyl (C=O) groups excluding carboxylic acids is 1. The first kappa shape index (κ1) is 18.4. The van der Waals surface area contributed by atoms with Gasteiger partial charge in [0.15, 0.2) is 0 Å². The van der Waals surface area contributed by atoms with E-state index in [0.717, 1.165) is 11.3 Å². The Labute approximate surface area is 146 Å². The minimum absolute atomic E-state index is 0.137. The lowest BCUT2D eigenvalue weighted by Crippen LogP contribution is -2.45. The number of piperidine rings is 1. The summed E-state index contributed by atoms with van der Waals surface area (Å²) in [5.41, 5.74) is 0.979. The van der Waals surface area contributed by atoms with Crippen molar-refractivity contribution in [3.8, 4) is 5.75 Å². The van der Waals surface area contributed by atoms with Crippen LogP contribution in [0.2, 0.25) is 5.02 Å². The van der Waals surface area contributed by atoms with Crippen molar-refractivity contribution in [1.82, 2.24) is 10.2 Å². The van der Waals surface area contributed by atoms with Crippen molar-refractivity contribution in [1.29, 1.82) is 0 Å². The van der Waals surface area contributed by atoms with Crippen molar-refractivity contribution in [2.45, 2.75) is 26.2 Å². The van der Waals surface area contributed by atoms with Gasteiger partial charge in [-0.1, -0.05) is 11.6 Å². The maximum atomic E-state index is 12.0. The monoisotopic (exact) mass is 354 g/mol. The van der Waals surface area contributed by atoms with Crippen LogP contribution in [0.4, 0.5) is 4.79 Å². The van der Waals surface area contributed by atoms with Gasteiger partial charge in [0.25, 0.3) is 0 Å². The van der Waals surface area contributed by atoms with E-state index < -0.39 is 5.97 Å². The molecule has 0 bridgehead atoms. The van der Waals surface area contributed by atoms with Gasteiger partial charge in [-0.05, 0) is 49.9 Å². The predicted molar refractivity (Wildman–Crippen MR) is 91.6 cm³/mol. The molecule has 1 saturated heterocycles. The summed E-state index contributed by atoms with van der Waals surface area (Å²) in [6, 6.07) is 5.33. The average Bonchev–Trinajstić information content (AvgIpc) is 2.56. The standard InChI is InChI=1S/C17H23ClN2O4/c1-12-11-14(18)3-4-15(12)24-10-2-7-19-17(23)20-8-5-13(6-9-20)16(21)22/h3-4,11,13H,2,5-10H2,1H3,(H,19,23)(H,21,22). The Kier molecular flexibility index (Phi) is 6.73. The first-order valence-corrected chi connectivity index (χ1v) is 8.49. The summed E-state index contributed by atoms with van der Waals surface area (Å²) in [5, 5.41) is 12.5. The molecule has 0 spiro atoms. The highest BCUT2D eigenvalue weighted by Crippen LogP contribution is 2.21. The van der Waals surface area contributed by atoms with Crippen LogP contribution in [0.1, 0.15) is 24.8 Å². The van der Waals surface area contributed by atoms with Crippen LogP contribution < -0.4 is 10.1 Å². The van der Waals surface area contributed by atoms with Crippen molar-refractivity contribution >= 4 is 23.6 Å². The maximum Gasteiger partial charge on any atom is 0.317 e. The van der Waals surface area contributed by atoms with E-state index in [0.29, 0.717) is 50.5 Å². The lowest BCUT2D eigenvalue weighted by atomic mass is 9.97. The van der Waals surface area contributed by atoms with Gasteiger partial charge < -0.3 is 20.1 Å². The van der Waals surface area contributed by atoms with Crippen LogP contribution >= 0.6 is 11.6 Å². The smallest absolute Gasteiger partial charge is 0.317 e. The molecule has 1 aliphatic rings. The van der Waals surface area contributed by atoms with Crippen LogP contribution in [0, 0.1) is 12.8 Å². The van der Waals surface area contributed by atoms with Crippen LogP contribution in [0.5, 0.6) is 5.75 Å². The fourth-order valence-corrected chi connectivity index (χ4v) is 2.89. The molecular formula is C17H23ClN2O4. The number of urea groups is 1. The highest BCUT2D eigenvalue weighted by atomic mass is 35.5. The van der Waals surface area contributed by atoms with Gasteiger partial charge in [0.2, 0.25) is 0 Å². The SMILES string of the molecule is Cc1cc(Cl)ccc1OCCCNC(=O)N1CCC(C(=O)O)CC1. The van der Waals surface area contributed by atoms with Gasteiger partial charge in [-0.25, -0.2) is 4.79 Å². The molecule has 24 heavy (non-hydrogen) atoms. The molecule has 6 nitrogen and oxygen atoms in total. The zero-order valence-electron chi connectivity index (χ0n) is 13.8. The molecule has 132 valence electrons. The summed E-state index contributed by atoms with van der Waals surface area (Å²) >= 11 is 5.90. The van der Waals surface area contributed by atoms with E-state index in [1.807, 2.05) is 19.1 Å². The van der Waals surface area contributed by atoms with Crippen molar-refractivity contribution < 1.29 is 19.4 Å². The number of benzene rings is 1. The van der Waals surface area contributed by atoms with Crippen LogP contribution in [0.3, 0.4) is 0 Å². The fraction of sp³-hybridized carbons (Fsp3) is 0.529. The topological polar surface area (TPSA) is 78.9 Å². The Bertz CT molecular complexity index is 586. The van der Waals surface area contributed by atoms with E-state index in [1.54, 1.807) is 11.0 Å². The summed E-state index contributed by atoms with van der Waals surface area (Å²) in [4.78, 5) is 24.6. The predicted octanol–water partition coefficient (Wildman–Crippen LogP) is 2.92. The summed E-state index contributed by atoms with van der Waals surface area (Å²) in [7, 11) is 0. The van der Waals surface area contributed by atoms with E-state index in [2.05, 4.69) is 5.32 Å². The van der Waals surface area contributed by atoms with Crippen molar-refractivity contribution in [3.05, 3.63) is 28.8 Å². The molecule has 0 saturated carbocycles. The second kappa shape index (κ2) is 8.78. The Hall–Kier alpha value is -1.95. The van der Waals surface area contributed by atoms with Crippen LogP contribution in [-0.2, 0) is 4.79 Å². The molecule has 2 amide bonds. The molecule has 2 N–H and O–H groups in total. The number of amides is 2. The number of nitrogens with zero attached hydrogens (tertiary/aromatic N) is 1. The molecule has 0 aliphatic carbocycles.